The monoisotopic (exact) mass is 364 g/mol. The summed E-state index contributed by atoms with van der Waals surface area (Å²) in [5.74, 6) is 0.630. The number of aryl methyl sites for hydroxylation is 1. The Morgan fingerprint density at radius 1 is 1.28 bits per heavy atom. The molecule has 1 aromatic carbocycles. The van der Waals surface area contributed by atoms with Gasteiger partial charge in [-0.05, 0) is 49.9 Å². The smallest absolute Gasteiger partial charge is 0.234 e. The molecule has 0 aliphatic heterocycles. The maximum atomic E-state index is 12.3. The highest BCUT2D eigenvalue weighted by molar-refractivity contribution is 7.91. The molecule has 1 aliphatic carbocycles. The third kappa shape index (κ3) is 4.01. The van der Waals surface area contributed by atoms with E-state index in [1.807, 2.05) is 0 Å². The fourth-order valence-corrected chi connectivity index (χ4v) is 4.15. The summed E-state index contributed by atoms with van der Waals surface area (Å²) >= 11 is 0. The minimum Gasteiger partial charge on any atom is -0.497 e. The van der Waals surface area contributed by atoms with Crippen molar-refractivity contribution in [3.8, 4) is 5.75 Å². The zero-order valence-corrected chi connectivity index (χ0v) is 14.8. The number of amides is 1. The van der Waals surface area contributed by atoms with E-state index in [9.17, 15) is 13.2 Å². The molecular weight excluding hydrogens is 344 g/mol. The van der Waals surface area contributed by atoms with Crippen LogP contribution < -0.4 is 10.1 Å². The molecule has 0 radical (unpaired) electrons. The SMILES string of the molecule is COc1ccc(S(=O)(=O)CCCC(=O)Nc2onc3c2CCC3)cc1. The number of sulfone groups is 1. The molecular formula is C17H20N2O5S. The fourth-order valence-electron chi connectivity index (χ4n) is 2.84. The standard InChI is InChI=1S/C17H20N2O5S/c1-23-12-7-9-13(10-8-12)25(21,22)11-3-6-16(20)18-17-14-4-2-5-15(14)19-24-17/h7-10H,2-6,11H2,1H3,(H,18,20). The lowest BCUT2D eigenvalue weighted by Crippen LogP contribution is -2.14. The summed E-state index contributed by atoms with van der Waals surface area (Å²) in [6, 6.07) is 6.21. The molecule has 0 bridgehead atoms. The van der Waals surface area contributed by atoms with E-state index in [1.54, 1.807) is 12.1 Å². The molecule has 3 rings (SSSR count). The number of ether oxygens (including phenoxy) is 1. The van der Waals surface area contributed by atoms with Crippen molar-refractivity contribution in [1.29, 1.82) is 0 Å². The van der Waals surface area contributed by atoms with Gasteiger partial charge in [-0.25, -0.2) is 8.42 Å². The van der Waals surface area contributed by atoms with Crippen LogP contribution in [-0.4, -0.2) is 32.3 Å². The largest absolute Gasteiger partial charge is 0.497 e. The number of aromatic nitrogens is 1. The van der Waals surface area contributed by atoms with Crippen LogP contribution in [0.5, 0.6) is 5.75 Å². The van der Waals surface area contributed by atoms with Crippen LogP contribution in [0.3, 0.4) is 0 Å². The van der Waals surface area contributed by atoms with Gasteiger partial charge in [0, 0.05) is 12.0 Å². The van der Waals surface area contributed by atoms with Crippen molar-refractivity contribution in [3.63, 3.8) is 0 Å². The van der Waals surface area contributed by atoms with Gasteiger partial charge in [0.1, 0.15) is 5.75 Å². The predicted molar refractivity (Wildman–Crippen MR) is 91.4 cm³/mol. The second-order valence-electron chi connectivity index (χ2n) is 5.94. The van der Waals surface area contributed by atoms with Crippen molar-refractivity contribution in [2.75, 3.05) is 18.2 Å². The first kappa shape index (κ1) is 17.5. The van der Waals surface area contributed by atoms with Crippen LogP contribution in [-0.2, 0) is 27.5 Å². The van der Waals surface area contributed by atoms with Gasteiger partial charge < -0.3 is 9.26 Å². The molecule has 1 heterocycles. The van der Waals surface area contributed by atoms with E-state index in [1.165, 1.54) is 19.2 Å². The number of hydrogen-bond acceptors (Lipinski definition) is 6. The van der Waals surface area contributed by atoms with Gasteiger partial charge >= 0.3 is 0 Å². The van der Waals surface area contributed by atoms with Gasteiger partial charge in [-0.2, -0.15) is 0 Å². The molecule has 2 aromatic rings. The molecule has 0 saturated heterocycles. The fraction of sp³-hybridized carbons (Fsp3) is 0.412. The lowest BCUT2D eigenvalue weighted by molar-refractivity contribution is -0.116. The first-order valence-corrected chi connectivity index (χ1v) is 9.79. The zero-order valence-electron chi connectivity index (χ0n) is 13.9. The Morgan fingerprint density at radius 2 is 2.04 bits per heavy atom. The second-order valence-corrected chi connectivity index (χ2v) is 8.05. The minimum atomic E-state index is -3.42. The Morgan fingerprint density at radius 3 is 2.76 bits per heavy atom. The van der Waals surface area contributed by atoms with Gasteiger partial charge in [0.2, 0.25) is 11.8 Å². The second kappa shape index (κ2) is 7.26. The highest BCUT2D eigenvalue weighted by atomic mass is 32.2. The Balaban J connectivity index is 1.51. The summed E-state index contributed by atoms with van der Waals surface area (Å²) < 4.78 is 34.7. The zero-order chi connectivity index (χ0) is 17.9. The van der Waals surface area contributed by atoms with E-state index in [2.05, 4.69) is 10.5 Å². The van der Waals surface area contributed by atoms with Crippen LogP contribution in [0.25, 0.3) is 0 Å². The number of fused-ring (bicyclic) bond motifs is 1. The molecule has 7 nitrogen and oxygen atoms in total. The van der Waals surface area contributed by atoms with Crippen LogP contribution in [0.2, 0.25) is 0 Å². The Labute approximate surface area is 146 Å². The lowest BCUT2D eigenvalue weighted by Gasteiger charge is -2.06. The first-order valence-electron chi connectivity index (χ1n) is 8.13. The summed E-state index contributed by atoms with van der Waals surface area (Å²) in [5.41, 5.74) is 1.86. The van der Waals surface area contributed by atoms with E-state index >= 15 is 0 Å². The molecule has 0 unspecified atom stereocenters. The molecule has 25 heavy (non-hydrogen) atoms. The number of nitrogens with zero attached hydrogens (tertiary/aromatic N) is 1. The predicted octanol–water partition coefficient (Wildman–Crippen LogP) is 2.36. The Kier molecular flexibility index (Phi) is 5.08. The lowest BCUT2D eigenvalue weighted by atomic mass is 10.2. The summed E-state index contributed by atoms with van der Waals surface area (Å²) in [7, 11) is -1.90. The molecule has 1 N–H and O–H groups in total. The normalized spacial score (nSPS) is 13.5. The number of benzene rings is 1. The molecule has 134 valence electrons. The van der Waals surface area contributed by atoms with Gasteiger partial charge in [0.25, 0.3) is 0 Å². The summed E-state index contributed by atoms with van der Waals surface area (Å²) in [4.78, 5) is 12.2. The Hall–Kier alpha value is -2.35. The van der Waals surface area contributed by atoms with Crippen LogP contribution in [0, 0.1) is 0 Å². The van der Waals surface area contributed by atoms with Crippen LogP contribution >= 0.6 is 0 Å². The number of rotatable bonds is 7. The van der Waals surface area contributed by atoms with Crippen molar-refractivity contribution in [2.45, 2.75) is 37.0 Å². The van der Waals surface area contributed by atoms with E-state index in [4.69, 9.17) is 9.26 Å². The van der Waals surface area contributed by atoms with Crippen molar-refractivity contribution >= 4 is 21.6 Å². The van der Waals surface area contributed by atoms with Gasteiger partial charge in [-0.15, -0.1) is 0 Å². The molecule has 0 atom stereocenters. The summed E-state index contributed by atoms with van der Waals surface area (Å²) in [6.07, 6.45) is 3.06. The topological polar surface area (TPSA) is 98.5 Å². The Bertz CT molecular complexity index is 856. The molecule has 0 fully saturated rings. The van der Waals surface area contributed by atoms with Crippen molar-refractivity contribution in [1.82, 2.24) is 5.16 Å². The number of carbonyl (C=O) groups excluding carboxylic acids is 1. The molecule has 1 aliphatic rings. The van der Waals surface area contributed by atoms with Crippen LogP contribution in [0.4, 0.5) is 5.88 Å². The maximum absolute atomic E-state index is 12.3. The minimum absolute atomic E-state index is 0.0960. The van der Waals surface area contributed by atoms with Crippen LogP contribution in [0.1, 0.15) is 30.5 Å². The molecule has 1 amide bonds. The maximum Gasteiger partial charge on any atom is 0.234 e. The number of hydrogen-bond donors (Lipinski definition) is 1. The highest BCUT2D eigenvalue weighted by Crippen LogP contribution is 2.28. The van der Waals surface area contributed by atoms with Crippen molar-refractivity contribution in [3.05, 3.63) is 35.5 Å². The summed E-state index contributed by atoms with van der Waals surface area (Å²) in [6.45, 7) is 0. The highest BCUT2D eigenvalue weighted by Gasteiger charge is 2.22. The third-order valence-electron chi connectivity index (χ3n) is 4.20. The van der Waals surface area contributed by atoms with E-state index in [-0.39, 0.29) is 29.4 Å². The van der Waals surface area contributed by atoms with Gasteiger partial charge in [-0.3, -0.25) is 10.1 Å². The van der Waals surface area contributed by atoms with E-state index in [0.717, 1.165) is 30.5 Å². The van der Waals surface area contributed by atoms with Crippen molar-refractivity contribution < 1.29 is 22.5 Å². The molecule has 0 spiro atoms. The summed E-state index contributed by atoms with van der Waals surface area (Å²) in [5, 5.41) is 6.61. The number of nitrogens with one attached hydrogen (secondary N) is 1. The average Bonchev–Trinajstić information content (AvgIpc) is 3.20. The van der Waals surface area contributed by atoms with Crippen molar-refractivity contribution in [2.24, 2.45) is 0 Å². The van der Waals surface area contributed by atoms with Gasteiger partial charge in [0.05, 0.1) is 23.5 Å². The number of anilines is 1. The van der Waals surface area contributed by atoms with E-state index < -0.39 is 9.84 Å². The van der Waals surface area contributed by atoms with Gasteiger partial charge in [-0.1, -0.05) is 5.16 Å². The quantitative estimate of drug-likeness (QED) is 0.810. The van der Waals surface area contributed by atoms with Gasteiger partial charge in [0.15, 0.2) is 9.84 Å². The van der Waals surface area contributed by atoms with Crippen LogP contribution in [0.15, 0.2) is 33.7 Å². The third-order valence-corrected chi connectivity index (χ3v) is 6.01. The first-order chi connectivity index (χ1) is 12.0. The molecule has 8 heteroatoms. The molecule has 0 saturated carbocycles. The average molecular weight is 364 g/mol. The number of carbonyl (C=O) groups is 1. The van der Waals surface area contributed by atoms with E-state index in [0.29, 0.717) is 11.6 Å². The molecule has 1 aromatic heterocycles. The number of methoxy groups -OCH3 is 1.